The largest absolute Gasteiger partial charge is 0.328 e. The minimum absolute atomic E-state index is 0.0820. The standard InChI is InChI=1S/C24H15N9O4S/c34-19-17(10-25-23-26-12-27-30-23)38-24(29-19)28-18-16(11-32(31-18)13-6-2-1-3-7-13)22(37)33-20(35)14-8-4-5-9-15(14)21(33)36/h1-12H,(H2,25,26,27,30)(H,28,29,31,34)/b17-10+. The highest BCUT2D eigenvalue weighted by Gasteiger charge is 2.41. The molecule has 0 aliphatic carbocycles. The van der Waals surface area contributed by atoms with Gasteiger partial charge in [-0.05, 0) is 36.0 Å². The number of nitrogens with one attached hydrogen (secondary N) is 3. The smallest absolute Gasteiger partial charge is 0.273 e. The molecule has 0 unspecified atom stereocenters. The second kappa shape index (κ2) is 9.25. The average molecular weight is 526 g/mol. The number of aliphatic imine (C=N–C) groups is 1. The second-order valence-electron chi connectivity index (χ2n) is 7.89. The minimum Gasteiger partial charge on any atom is -0.328 e. The average Bonchev–Trinajstić information content (AvgIpc) is 3.72. The number of anilines is 1. The summed E-state index contributed by atoms with van der Waals surface area (Å²) in [6.45, 7) is 0. The van der Waals surface area contributed by atoms with E-state index in [1.165, 1.54) is 35.5 Å². The summed E-state index contributed by atoms with van der Waals surface area (Å²) < 4.78 is 1.41. The van der Waals surface area contributed by atoms with Gasteiger partial charge in [-0.3, -0.25) is 24.3 Å². The molecule has 38 heavy (non-hydrogen) atoms. The van der Waals surface area contributed by atoms with E-state index >= 15 is 0 Å². The van der Waals surface area contributed by atoms with Gasteiger partial charge in [0.25, 0.3) is 23.6 Å². The highest BCUT2D eigenvalue weighted by Crippen LogP contribution is 2.30. The number of carbonyl (C=O) groups excluding carboxylic acids is 4. The molecule has 4 aromatic rings. The van der Waals surface area contributed by atoms with Crippen molar-refractivity contribution in [2.45, 2.75) is 0 Å². The number of H-pyrrole nitrogens is 1. The van der Waals surface area contributed by atoms with Crippen molar-refractivity contribution in [3.05, 3.63) is 94.9 Å². The number of imide groups is 3. The number of fused-ring (bicyclic) bond motifs is 1. The summed E-state index contributed by atoms with van der Waals surface area (Å²) in [4.78, 5) is 61.0. The number of benzene rings is 2. The van der Waals surface area contributed by atoms with Crippen LogP contribution in [0.1, 0.15) is 31.1 Å². The molecule has 14 heteroatoms. The van der Waals surface area contributed by atoms with Crippen LogP contribution in [0, 0.1) is 0 Å². The lowest BCUT2D eigenvalue weighted by molar-refractivity contribution is -0.115. The van der Waals surface area contributed by atoms with Crippen LogP contribution in [0.5, 0.6) is 0 Å². The van der Waals surface area contributed by atoms with E-state index in [0.717, 1.165) is 11.8 Å². The molecule has 0 atom stereocenters. The van der Waals surface area contributed by atoms with Gasteiger partial charge in [0, 0.05) is 12.4 Å². The van der Waals surface area contributed by atoms with Gasteiger partial charge in [0.2, 0.25) is 5.95 Å². The lowest BCUT2D eigenvalue weighted by Crippen LogP contribution is -2.36. The number of hydrogen-bond acceptors (Lipinski definition) is 10. The first-order valence-electron chi connectivity index (χ1n) is 11.1. The van der Waals surface area contributed by atoms with Crippen LogP contribution in [0.4, 0.5) is 11.8 Å². The van der Waals surface area contributed by atoms with E-state index in [0.29, 0.717) is 10.6 Å². The molecule has 2 aliphatic rings. The van der Waals surface area contributed by atoms with Gasteiger partial charge in [-0.25, -0.2) is 19.6 Å². The zero-order valence-corrected chi connectivity index (χ0v) is 20.0. The molecule has 2 aliphatic heterocycles. The van der Waals surface area contributed by atoms with Crippen molar-refractivity contribution in [2.24, 2.45) is 4.99 Å². The number of nitrogens with zero attached hydrogens (tertiary/aromatic N) is 6. The first kappa shape index (κ1) is 23.1. The number of aromatic amines is 1. The van der Waals surface area contributed by atoms with Gasteiger partial charge in [0.05, 0.1) is 21.7 Å². The molecule has 6 rings (SSSR count). The van der Waals surface area contributed by atoms with Gasteiger partial charge in [0.1, 0.15) is 11.9 Å². The molecule has 186 valence electrons. The Morgan fingerprint density at radius 2 is 1.71 bits per heavy atom. The first-order valence-corrected chi connectivity index (χ1v) is 11.9. The van der Waals surface area contributed by atoms with Gasteiger partial charge in [0.15, 0.2) is 11.0 Å². The van der Waals surface area contributed by atoms with Crippen molar-refractivity contribution in [1.29, 1.82) is 0 Å². The van der Waals surface area contributed by atoms with Crippen molar-refractivity contribution in [2.75, 3.05) is 5.32 Å². The van der Waals surface area contributed by atoms with Crippen LogP contribution in [0.15, 0.2) is 83.2 Å². The Balaban J connectivity index is 1.36. The molecule has 2 aromatic carbocycles. The van der Waals surface area contributed by atoms with Crippen LogP contribution in [0.25, 0.3) is 5.69 Å². The Morgan fingerprint density at radius 1 is 1.00 bits per heavy atom. The molecular weight excluding hydrogens is 510 g/mol. The number of carbonyl (C=O) groups is 4. The Morgan fingerprint density at radius 3 is 2.39 bits per heavy atom. The molecule has 1 saturated heterocycles. The fraction of sp³-hybridized carbons (Fsp3) is 0. The minimum atomic E-state index is -0.880. The third-order valence-corrected chi connectivity index (χ3v) is 6.46. The molecule has 0 spiro atoms. The third kappa shape index (κ3) is 4.04. The van der Waals surface area contributed by atoms with Crippen LogP contribution in [-0.4, -0.2) is 58.7 Å². The SMILES string of the molecule is O=C1NC(=Nc2nn(-c3ccccc3)cc2C(=O)N2C(=O)c3ccccc3C2=O)S/C1=C/Nc1nc[nH]n1. The van der Waals surface area contributed by atoms with Crippen molar-refractivity contribution in [1.82, 2.24) is 35.2 Å². The maximum Gasteiger partial charge on any atom is 0.273 e. The molecule has 3 N–H and O–H groups in total. The quantitative estimate of drug-likeness (QED) is 0.261. The highest BCUT2D eigenvalue weighted by atomic mass is 32.2. The molecule has 4 amide bonds. The Kier molecular flexibility index (Phi) is 5.61. The molecule has 1 fully saturated rings. The normalized spacial score (nSPS) is 16.8. The van der Waals surface area contributed by atoms with Crippen LogP contribution in [0.3, 0.4) is 0 Å². The number of amides is 4. The number of thioether (sulfide) groups is 1. The number of aromatic nitrogens is 5. The summed E-state index contributed by atoms with van der Waals surface area (Å²) in [5, 5.41) is 16.3. The maximum absolute atomic E-state index is 13.6. The molecule has 4 heterocycles. The van der Waals surface area contributed by atoms with E-state index in [9.17, 15) is 19.2 Å². The summed E-state index contributed by atoms with van der Waals surface area (Å²) in [5.74, 6) is -2.59. The molecular formula is C24H15N9O4S. The van der Waals surface area contributed by atoms with E-state index < -0.39 is 23.6 Å². The monoisotopic (exact) mass is 525 g/mol. The maximum atomic E-state index is 13.6. The molecule has 0 saturated carbocycles. The van der Waals surface area contributed by atoms with E-state index in [2.05, 4.69) is 35.9 Å². The van der Waals surface area contributed by atoms with Crippen molar-refractivity contribution >= 4 is 52.3 Å². The highest BCUT2D eigenvalue weighted by molar-refractivity contribution is 8.18. The molecule has 0 radical (unpaired) electrons. The third-order valence-electron chi connectivity index (χ3n) is 5.55. The fourth-order valence-electron chi connectivity index (χ4n) is 3.79. The summed E-state index contributed by atoms with van der Waals surface area (Å²) >= 11 is 0.998. The van der Waals surface area contributed by atoms with E-state index in [-0.39, 0.29) is 38.5 Å². The topological polar surface area (TPSA) is 167 Å². The Hall–Kier alpha value is -5.37. The van der Waals surface area contributed by atoms with Gasteiger partial charge in [-0.15, -0.1) is 10.2 Å². The van der Waals surface area contributed by atoms with Gasteiger partial charge in [-0.1, -0.05) is 30.3 Å². The van der Waals surface area contributed by atoms with Gasteiger partial charge in [-0.2, -0.15) is 0 Å². The first-order chi connectivity index (χ1) is 18.5. The van der Waals surface area contributed by atoms with Crippen LogP contribution < -0.4 is 10.6 Å². The van der Waals surface area contributed by atoms with Gasteiger partial charge >= 0.3 is 0 Å². The summed E-state index contributed by atoms with van der Waals surface area (Å²) in [6, 6.07) is 15.1. The van der Waals surface area contributed by atoms with E-state index in [1.54, 1.807) is 36.4 Å². The number of hydrogen-bond donors (Lipinski definition) is 3. The Bertz CT molecular complexity index is 1640. The van der Waals surface area contributed by atoms with Crippen molar-refractivity contribution in [3.63, 3.8) is 0 Å². The van der Waals surface area contributed by atoms with Crippen molar-refractivity contribution in [3.8, 4) is 5.69 Å². The van der Waals surface area contributed by atoms with Gasteiger partial charge < -0.3 is 10.6 Å². The number of amidine groups is 1. The molecule has 13 nitrogen and oxygen atoms in total. The zero-order valence-electron chi connectivity index (χ0n) is 19.2. The van der Waals surface area contributed by atoms with E-state index in [4.69, 9.17) is 0 Å². The van der Waals surface area contributed by atoms with Crippen LogP contribution in [0.2, 0.25) is 0 Å². The summed E-state index contributed by atoms with van der Waals surface area (Å²) in [5.41, 5.74) is 0.805. The summed E-state index contributed by atoms with van der Waals surface area (Å²) in [6.07, 6.45) is 4.19. The number of rotatable bonds is 5. The number of para-hydroxylation sites is 1. The molecule has 2 aromatic heterocycles. The van der Waals surface area contributed by atoms with Crippen LogP contribution in [-0.2, 0) is 4.79 Å². The van der Waals surface area contributed by atoms with Crippen molar-refractivity contribution < 1.29 is 19.2 Å². The lowest BCUT2D eigenvalue weighted by Gasteiger charge is -2.10. The zero-order chi connectivity index (χ0) is 26.2. The fourth-order valence-corrected chi connectivity index (χ4v) is 4.54. The molecule has 0 bridgehead atoms. The second-order valence-corrected chi connectivity index (χ2v) is 8.92. The lowest BCUT2D eigenvalue weighted by atomic mass is 10.1. The van der Waals surface area contributed by atoms with E-state index in [1.807, 2.05) is 6.07 Å². The predicted octanol–water partition coefficient (Wildman–Crippen LogP) is 2.23. The van der Waals surface area contributed by atoms with Crippen LogP contribution >= 0.6 is 11.8 Å². The Labute approximate surface area is 217 Å². The summed E-state index contributed by atoms with van der Waals surface area (Å²) in [7, 11) is 0. The predicted molar refractivity (Wildman–Crippen MR) is 136 cm³/mol.